The summed E-state index contributed by atoms with van der Waals surface area (Å²) in [6.07, 6.45) is 0. The number of para-hydroxylation sites is 4. The Morgan fingerprint density at radius 1 is 0.359 bits per heavy atom. The lowest BCUT2D eigenvalue weighted by atomic mass is 9.66. The Bertz CT molecular complexity index is 3520. The number of nitrogens with zero attached hydrogens (tertiary/aromatic N) is 2. The number of benzene rings is 10. The molecule has 0 saturated heterocycles. The van der Waals surface area contributed by atoms with E-state index in [1.807, 2.05) is 0 Å². The molecule has 3 heteroatoms. The van der Waals surface area contributed by atoms with E-state index < -0.39 is 5.41 Å². The van der Waals surface area contributed by atoms with Crippen LogP contribution in [0.5, 0.6) is 11.5 Å². The quantitative estimate of drug-likeness (QED) is 0.166. The molecule has 0 unspecified atom stereocenters. The lowest BCUT2D eigenvalue weighted by Crippen LogP contribution is -2.32. The first kappa shape index (κ1) is 36.3. The summed E-state index contributed by atoms with van der Waals surface area (Å²) in [5.41, 5.74) is 18.3. The number of anilines is 3. The van der Waals surface area contributed by atoms with Crippen LogP contribution in [0, 0.1) is 0 Å². The van der Waals surface area contributed by atoms with Crippen LogP contribution in [-0.4, -0.2) is 4.57 Å². The molecule has 64 heavy (non-hydrogen) atoms. The summed E-state index contributed by atoms with van der Waals surface area (Å²) in [5.74, 6) is 1.78. The minimum atomic E-state index is -0.567. The number of rotatable bonds is 6. The fourth-order valence-electron chi connectivity index (χ4n) is 10.7. The van der Waals surface area contributed by atoms with Crippen LogP contribution in [0.3, 0.4) is 0 Å². The van der Waals surface area contributed by atoms with Crippen LogP contribution in [0.1, 0.15) is 22.3 Å². The third kappa shape index (κ3) is 5.34. The Kier molecular flexibility index (Phi) is 8.13. The summed E-state index contributed by atoms with van der Waals surface area (Å²) in [6, 6.07) is 88.0. The molecule has 0 radical (unpaired) electrons. The molecule has 0 amide bonds. The molecule has 300 valence electrons. The van der Waals surface area contributed by atoms with Gasteiger partial charge >= 0.3 is 0 Å². The van der Waals surface area contributed by atoms with Crippen LogP contribution in [0.4, 0.5) is 17.1 Å². The van der Waals surface area contributed by atoms with Crippen LogP contribution < -0.4 is 9.64 Å². The van der Waals surface area contributed by atoms with Gasteiger partial charge in [-0.05, 0) is 112 Å². The third-order valence-electron chi connectivity index (χ3n) is 13.5. The fraction of sp³-hybridized carbons (Fsp3) is 0.0164. The van der Waals surface area contributed by atoms with E-state index in [1.165, 1.54) is 66.3 Å². The van der Waals surface area contributed by atoms with Crippen molar-refractivity contribution >= 4 is 38.9 Å². The number of ether oxygens (including phenoxy) is 1. The molecule has 1 spiro atoms. The van der Waals surface area contributed by atoms with Gasteiger partial charge in [-0.1, -0.05) is 170 Å². The summed E-state index contributed by atoms with van der Waals surface area (Å²) in [6.45, 7) is 0. The van der Waals surface area contributed by atoms with E-state index in [1.54, 1.807) is 0 Å². The van der Waals surface area contributed by atoms with Gasteiger partial charge in [0.25, 0.3) is 0 Å². The Labute approximate surface area is 372 Å². The maximum atomic E-state index is 6.66. The van der Waals surface area contributed by atoms with Gasteiger partial charge in [-0.15, -0.1) is 0 Å². The zero-order chi connectivity index (χ0) is 42.2. The summed E-state index contributed by atoms with van der Waals surface area (Å²) < 4.78 is 9.03. The first-order chi connectivity index (χ1) is 31.8. The predicted molar refractivity (Wildman–Crippen MR) is 264 cm³/mol. The van der Waals surface area contributed by atoms with E-state index in [4.69, 9.17) is 4.74 Å². The van der Waals surface area contributed by atoms with Gasteiger partial charge in [0.2, 0.25) is 0 Å². The number of aromatic nitrogens is 1. The standard InChI is InChI=1S/C61H40N2O/c1-3-16-41(17-4-1)42-30-35-46(36-31-42)62(47-37-32-43(33-38-47)44-34-39-56-50(40-44)48-20-8-12-26-55(48)63(56)45-18-5-2-6-19-45)57-27-15-25-54-60(57)49-21-7-9-22-51(49)61(54)52-23-10-13-28-58(52)64-59-29-14-11-24-53(59)61/h1-40H. The van der Waals surface area contributed by atoms with Gasteiger partial charge in [0.05, 0.1) is 22.1 Å². The highest BCUT2D eigenvalue weighted by atomic mass is 16.5. The van der Waals surface area contributed by atoms with Gasteiger partial charge in [0.15, 0.2) is 0 Å². The van der Waals surface area contributed by atoms with Crippen molar-refractivity contribution in [3.8, 4) is 50.6 Å². The van der Waals surface area contributed by atoms with E-state index in [0.29, 0.717) is 0 Å². The molecule has 2 heterocycles. The number of fused-ring (bicyclic) bond motifs is 12. The Balaban J connectivity index is 0.994. The average Bonchev–Trinajstić information content (AvgIpc) is 3.86. The Morgan fingerprint density at radius 3 is 1.58 bits per heavy atom. The first-order valence-corrected chi connectivity index (χ1v) is 22.0. The minimum absolute atomic E-state index is 0.567. The molecule has 0 saturated carbocycles. The van der Waals surface area contributed by atoms with E-state index in [9.17, 15) is 0 Å². The Hall–Kier alpha value is -8.40. The topological polar surface area (TPSA) is 17.4 Å². The van der Waals surface area contributed by atoms with Crippen LogP contribution in [0.25, 0.3) is 60.9 Å². The van der Waals surface area contributed by atoms with Gasteiger partial charge in [-0.25, -0.2) is 0 Å². The fourth-order valence-corrected chi connectivity index (χ4v) is 10.7. The second-order valence-corrected chi connectivity index (χ2v) is 16.8. The minimum Gasteiger partial charge on any atom is -0.457 e. The zero-order valence-corrected chi connectivity index (χ0v) is 34.9. The smallest absolute Gasteiger partial charge is 0.132 e. The first-order valence-electron chi connectivity index (χ1n) is 22.0. The van der Waals surface area contributed by atoms with Crippen molar-refractivity contribution in [2.24, 2.45) is 0 Å². The second-order valence-electron chi connectivity index (χ2n) is 16.8. The molecule has 0 atom stereocenters. The van der Waals surface area contributed by atoms with Crippen LogP contribution in [0.15, 0.2) is 243 Å². The Morgan fingerprint density at radius 2 is 0.875 bits per heavy atom. The van der Waals surface area contributed by atoms with E-state index in [2.05, 4.69) is 252 Å². The van der Waals surface area contributed by atoms with Crippen molar-refractivity contribution in [3.63, 3.8) is 0 Å². The van der Waals surface area contributed by atoms with E-state index in [-0.39, 0.29) is 0 Å². The highest BCUT2D eigenvalue weighted by molar-refractivity contribution is 6.10. The molecular weight excluding hydrogens is 777 g/mol. The van der Waals surface area contributed by atoms with E-state index >= 15 is 0 Å². The average molecular weight is 817 g/mol. The zero-order valence-electron chi connectivity index (χ0n) is 34.9. The monoisotopic (exact) mass is 816 g/mol. The molecule has 10 aromatic carbocycles. The highest BCUT2D eigenvalue weighted by Crippen LogP contribution is 2.64. The molecule has 0 fully saturated rings. The third-order valence-corrected chi connectivity index (χ3v) is 13.5. The molecule has 0 bridgehead atoms. The van der Waals surface area contributed by atoms with Crippen LogP contribution in [-0.2, 0) is 5.41 Å². The summed E-state index contributed by atoms with van der Waals surface area (Å²) in [7, 11) is 0. The van der Waals surface area contributed by atoms with Crippen molar-refractivity contribution in [1.82, 2.24) is 4.57 Å². The molecule has 1 aliphatic heterocycles. The SMILES string of the molecule is c1ccc(-c2ccc(N(c3ccc(-c4ccc5c(c4)c4ccccc4n5-c4ccccc4)cc3)c3cccc4c3-c3ccccc3C43c4ccccc4Oc4ccccc43)cc2)cc1. The highest BCUT2D eigenvalue weighted by Gasteiger charge is 2.51. The van der Waals surface area contributed by atoms with Gasteiger partial charge < -0.3 is 14.2 Å². The maximum absolute atomic E-state index is 6.66. The molecule has 1 aromatic heterocycles. The van der Waals surface area contributed by atoms with Crippen molar-refractivity contribution in [2.75, 3.05) is 4.90 Å². The summed E-state index contributed by atoms with van der Waals surface area (Å²) in [4.78, 5) is 2.45. The van der Waals surface area contributed by atoms with E-state index in [0.717, 1.165) is 45.4 Å². The van der Waals surface area contributed by atoms with Gasteiger partial charge in [0.1, 0.15) is 11.5 Å². The van der Waals surface area contributed by atoms with Crippen molar-refractivity contribution in [1.29, 1.82) is 0 Å². The van der Waals surface area contributed by atoms with Gasteiger partial charge in [-0.3, -0.25) is 0 Å². The molecule has 13 rings (SSSR count). The second kappa shape index (κ2) is 14.3. The lowest BCUT2D eigenvalue weighted by molar-refractivity contribution is 0.436. The van der Waals surface area contributed by atoms with Gasteiger partial charge in [0, 0.05) is 44.5 Å². The maximum Gasteiger partial charge on any atom is 0.132 e. The normalized spacial score (nSPS) is 12.9. The van der Waals surface area contributed by atoms with Crippen molar-refractivity contribution in [2.45, 2.75) is 5.41 Å². The number of hydrogen-bond acceptors (Lipinski definition) is 2. The van der Waals surface area contributed by atoms with Crippen LogP contribution in [0.2, 0.25) is 0 Å². The summed E-state index contributed by atoms with van der Waals surface area (Å²) in [5, 5.41) is 2.49. The van der Waals surface area contributed by atoms with Gasteiger partial charge in [-0.2, -0.15) is 0 Å². The predicted octanol–water partition coefficient (Wildman–Crippen LogP) is 16.1. The number of hydrogen-bond donors (Lipinski definition) is 0. The molecule has 3 nitrogen and oxygen atoms in total. The molecular formula is C61H40N2O. The van der Waals surface area contributed by atoms with Crippen molar-refractivity contribution < 1.29 is 4.74 Å². The van der Waals surface area contributed by atoms with Crippen molar-refractivity contribution in [3.05, 3.63) is 265 Å². The molecule has 11 aromatic rings. The molecule has 2 aliphatic rings. The largest absolute Gasteiger partial charge is 0.457 e. The molecule has 1 aliphatic carbocycles. The summed E-state index contributed by atoms with van der Waals surface area (Å²) >= 11 is 0. The lowest BCUT2D eigenvalue weighted by Gasteiger charge is -2.39. The molecule has 0 N–H and O–H groups in total. The van der Waals surface area contributed by atoms with Crippen LogP contribution >= 0.6 is 0 Å².